The van der Waals surface area contributed by atoms with E-state index in [1.807, 2.05) is 13.8 Å². The highest BCUT2D eigenvalue weighted by molar-refractivity contribution is 4.53. The van der Waals surface area contributed by atoms with Gasteiger partial charge in [0.15, 0.2) is 0 Å². The first-order valence-electron chi connectivity index (χ1n) is 5.68. The van der Waals surface area contributed by atoms with E-state index in [0.29, 0.717) is 6.61 Å². The van der Waals surface area contributed by atoms with Crippen molar-refractivity contribution in [3.05, 3.63) is 0 Å². The number of rotatable bonds is 7. The number of aliphatic hydroxyl groups excluding tert-OH is 1. The van der Waals surface area contributed by atoms with Crippen LogP contribution in [0.2, 0.25) is 0 Å². The number of likely N-dealkylation sites (N-methyl/N-ethyl adjacent to an activating group) is 1. The van der Waals surface area contributed by atoms with Crippen molar-refractivity contribution >= 4 is 0 Å². The smallest absolute Gasteiger partial charge is 0.0558 e. The average Bonchev–Trinajstić information content (AvgIpc) is 2.20. The number of aliphatic hydroxyl groups is 1. The molecule has 0 bridgehead atoms. The monoisotopic (exact) mass is 189 g/mol. The zero-order valence-electron chi connectivity index (χ0n) is 9.84. The van der Waals surface area contributed by atoms with Crippen LogP contribution in [-0.4, -0.2) is 36.2 Å². The van der Waals surface area contributed by atoms with Gasteiger partial charge in [0.1, 0.15) is 0 Å². The Morgan fingerprint density at radius 2 is 1.62 bits per heavy atom. The van der Waals surface area contributed by atoms with Gasteiger partial charge in [-0.05, 0) is 19.5 Å². The van der Waals surface area contributed by atoms with Crippen molar-refractivity contribution in [2.24, 2.45) is 0 Å². The number of unbranched alkanes of at least 4 members (excludes halogenated alkanes) is 2. The van der Waals surface area contributed by atoms with Gasteiger partial charge in [0.05, 0.1) is 6.61 Å². The van der Waals surface area contributed by atoms with Gasteiger partial charge in [0.2, 0.25) is 0 Å². The van der Waals surface area contributed by atoms with Crippen LogP contribution in [0, 0.1) is 0 Å². The summed E-state index contributed by atoms with van der Waals surface area (Å²) in [5.41, 5.74) is 0. The fourth-order valence-electron chi connectivity index (χ4n) is 1.15. The second-order valence-electron chi connectivity index (χ2n) is 2.86. The third kappa shape index (κ3) is 11.9. The lowest BCUT2D eigenvalue weighted by atomic mass is 10.2. The summed E-state index contributed by atoms with van der Waals surface area (Å²) in [5.74, 6) is 0. The third-order valence-electron chi connectivity index (χ3n) is 1.94. The van der Waals surface area contributed by atoms with Gasteiger partial charge >= 0.3 is 0 Å². The van der Waals surface area contributed by atoms with Crippen molar-refractivity contribution in [1.82, 2.24) is 4.90 Å². The number of hydrogen-bond donors (Lipinski definition) is 1. The molecule has 0 unspecified atom stereocenters. The van der Waals surface area contributed by atoms with Crippen LogP contribution in [-0.2, 0) is 0 Å². The van der Waals surface area contributed by atoms with Crippen LogP contribution in [0.5, 0.6) is 0 Å². The van der Waals surface area contributed by atoms with Gasteiger partial charge in [-0.1, -0.05) is 40.5 Å². The maximum absolute atomic E-state index is 8.68. The van der Waals surface area contributed by atoms with Crippen molar-refractivity contribution in [1.29, 1.82) is 0 Å². The molecule has 0 aliphatic carbocycles. The third-order valence-corrected chi connectivity index (χ3v) is 1.94. The van der Waals surface area contributed by atoms with E-state index in [1.54, 1.807) is 0 Å². The molecule has 1 N–H and O–H groups in total. The van der Waals surface area contributed by atoms with Crippen LogP contribution in [0.25, 0.3) is 0 Å². The minimum atomic E-state index is 0.292. The molecule has 0 amide bonds. The van der Waals surface area contributed by atoms with Crippen molar-refractivity contribution < 1.29 is 5.11 Å². The minimum Gasteiger partial charge on any atom is -0.395 e. The zero-order valence-corrected chi connectivity index (χ0v) is 9.84. The first-order chi connectivity index (χ1) is 6.35. The van der Waals surface area contributed by atoms with Crippen LogP contribution < -0.4 is 0 Å². The van der Waals surface area contributed by atoms with Gasteiger partial charge in [-0.15, -0.1) is 0 Å². The molecule has 0 radical (unpaired) electrons. The van der Waals surface area contributed by atoms with Crippen LogP contribution in [0.4, 0.5) is 0 Å². The molecule has 0 rings (SSSR count). The van der Waals surface area contributed by atoms with Gasteiger partial charge in [-0.25, -0.2) is 0 Å². The fourth-order valence-corrected chi connectivity index (χ4v) is 1.15. The molecule has 0 saturated carbocycles. The second-order valence-corrected chi connectivity index (χ2v) is 2.86. The Hall–Kier alpha value is -0.0800. The van der Waals surface area contributed by atoms with Crippen molar-refractivity contribution in [3.63, 3.8) is 0 Å². The standard InChI is InChI=1S/C9H21NO.C2H6/c1-3-5-6-7-10(4-2)8-9-11;1-2/h11H,3-9H2,1-2H3;1-2H3. The Bertz CT molecular complexity index is 76.5. The molecule has 2 heteroatoms. The molecule has 0 heterocycles. The van der Waals surface area contributed by atoms with Crippen LogP contribution in [0.3, 0.4) is 0 Å². The number of nitrogens with zero attached hydrogens (tertiary/aromatic N) is 1. The van der Waals surface area contributed by atoms with Gasteiger partial charge in [0.25, 0.3) is 0 Å². The molecule has 0 aromatic rings. The first-order valence-corrected chi connectivity index (χ1v) is 5.68. The summed E-state index contributed by atoms with van der Waals surface area (Å²) in [6.07, 6.45) is 3.85. The zero-order chi connectivity index (χ0) is 10.5. The second kappa shape index (κ2) is 14.4. The van der Waals surface area contributed by atoms with Crippen molar-refractivity contribution in [2.75, 3.05) is 26.2 Å². The van der Waals surface area contributed by atoms with Crippen molar-refractivity contribution in [2.45, 2.75) is 47.0 Å². The fraction of sp³-hybridized carbons (Fsp3) is 1.00. The summed E-state index contributed by atoms with van der Waals surface area (Å²) >= 11 is 0. The molecule has 0 aromatic carbocycles. The Balaban J connectivity index is 0. The quantitative estimate of drug-likeness (QED) is 0.622. The van der Waals surface area contributed by atoms with Crippen molar-refractivity contribution in [3.8, 4) is 0 Å². The molecule has 13 heavy (non-hydrogen) atoms. The maximum atomic E-state index is 8.68. The van der Waals surface area contributed by atoms with Gasteiger partial charge < -0.3 is 10.0 Å². The lowest BCUT2D eigenvalue weighted by molar-refractivity contribution is 0.199. The summed E-state index contributed by atoms with van der Waals surface area (Å²) in [6.45, 7) is 11.7. The minimum absolute atomic E-state index is 0.292. The highest BCUT2D eigenvalue weighted by atomic mass is 16.3. The molecule has 82 valence electrons. The molecule has 0 atom stereocenters. The van der Waals surface area contributed by atoms with E-state index >= 15 is 0 Å². The molecular weight excluding hydrogens is 162 g/mol. The Kier molecular flexibility index (Phi) is 17.1. The Labute approximate surface area is 83.9 Å². The predicted octanol–water partition coefficient (Wildman–Crippen LogP) is 2.52. The molecular formula is C11H27NO. The van der Waals surface area contributed by atoms with Gasteiger partial charge in [-0.2, -0.15) is 0 Å². The SMILES string of the molecule is CC.CCCCCN(CC)CCO. The number of hydrogen-bond acceptors (Lipinski definition) is 2. The van der Waals surface area contributed by atoms with Gasteiger partial charge in [0, 0.05) is 6.54 Å². The molecule has 0 fully saturated rings. The Morgan fingerprint density at radius 1 is 1.00 bits per heavy atom. The topological polar surface area (TPSA) is 23.5 Å². The van der Waals surface area contributed by atoms with Crippen LogP contribution in [0.1, 0.15) is 47.0 Å². The Morgan fingerprint density at radius 3 is 2.00 bits per heavy atom. The van der Waals surface area contributed by atoms with E-state index in [2.05, 4.69) is 18.7 Å². The van der Waals surface area contributed by atoms with Crippen LogP contribution >= 0.6 is 0 Å². The van der Waals surface area contributed by atoms with Gasteiger partial charge in [-0.3, -0.25) is 0 Å². The molecule has 0 aliphatic heterocycles. The van der Waals surface area contributed by atoms with E-state index < -0.39 is 0 Å². The highest BCUT2D eigenvalue weighted by Gasteiger charge is 1.98. The molecule has 0 saturated heterocycles. The average molecular weight is 189 g/mol. The lowest BCUT2D eigenvalue weighted by Gasteiger charge is -2.18. The maximum Gasteiger partial charge on any atom is 0.0558 e. The summed E-state index contributed by atoms with van der Waals surface area (Å²) in [7, 11) is 0. The molecule has 0 aromatic heterocycles. The molecule has 2 nitrogen and oxygen atoms in total. The largest absolute Gasteiger partial charge is 0.395 e. The molecule has 0 spiro atoms. The summed E-state index contributed by atoms with van der Waals surface area (Å²) < 4.78 is 0. The van der Waals surface area contributed by atoms with E-state index in [1.165, 1.54) is 19.3 Å². The summed E-state index contributed by atoms with van der Waals surface area (Å²) in [6, 6.07) is 0. The predicted molar refractivity (Wildman–Crippen MR) is 60.1 cm³/mol. The highest BCUT2D eigenvalue weighted by Crippen LogP contribution is 1.97. The van der Waals surface area contributed by atoms with E-state index in [9.17, 15) is 0 Å². The lowest BCUT2D eigenvalue weighted by Crippen LogP contribution is -2.27. The molecule has 0 aliphatic rings. The summed E-state index contributed by atoms with van der Waals surface area (Å²) in [5, 5.41) is 8.68. The van der Waals surface area contributed by atoms with E-state index in [0.717, 1.165) is 19.6 Å². The van der Waals surface area contributed by atoms with E-state index in [4.69, 9.17) is 5.11 Å². The van der Waals surface area contributed by atoms with E-state index in [-0.39, 0.29) is 0 Å². The summed E-state index contributed by atoms with van der Waals surface area (Å²) in [4.78, 5) is 2.29. The first kappa shape index (κ1) is 15.4. The normalized spacial score (nSPS) is 9.69. The van der Waals surface area contributed by atoms with Crippen LogP contribution in [0.15, 0.2) is 0 Å².